The summed E-state index contributed by atoms with van der Waals surface area (Å²) in [5, 5.41) is 0. The fraction of sp³-hybridized carbons (Fsp3) is 0.226. The molecule has 2 aromatic carbocycles. The second-order valence-corrected chi connectivity index (χ2v) is 9.14. The highest BCUT2D eigenvalue weighted by Gasteiger charge is 2.15. The smallest absolute Gasteiger partial charge is 0.227 e. The molecule has 0 N–H and O–H groups in total. The van der Waals surface area contributed by atoms with Gasteiger partial charge in [-0.3, -0.25) is 4.99 Å². The molecule has 0 atom stereocenters. The molecule has 0 fully saturated rings. The average Bonchev–Trinajstić information content (AvgIpc) is 3.40. The van der Waals surface area contributed by atoms with E-state index in [1.165, 1.54) is 27.8 Å². The fourth-order valence-corrected chi connectivity index (χ4v) is 4.17. The van der Waals surface area contributed by atoms with Gasteiger partial charge in [-0.1, -0.05) is 54.1 Å². The molecule has 1 aromatic heterocycles. The highest BCUT2D eigenvalue weighted by atomic mass is 16.3. The van der Waals surface area contributed by atoms with Crippen molar-refractivity contribution in [3.05, 3.63) is 112 Å². The number of aromatic nitrogens is 1. The summed E-state index contributed by atoms with van der Waals surface area (Å²) in [6, 6.07) is 14.4. The first-order valence-corrected chi connectivity index (χ1v) is 11.7. The molecular formula is C31H32N2O. The summed E-state index contributed by atoms with van der Waals surface area (Å²) in [5.41, 5.74) is 12.1. The lowest BCUT2D eigenvalue weighted by Gasteiger charge is -2.09. The highest BCUT2D eigenvalue weighted by molar-refractivity contribution is 6.04. The number of rotatable bonds is 7. The van der Waals surface area contributed by atoms with Gasteiger partial charge in [-0.15, -0.1) is 0 Å². The van der Waals surface area contributed by atoms with Crippen molar-refractivity contribution in [2.24, 2.45) is 4.99 Å². The number of nitrogens with zero attached hydrogens (tertiary/aromatic N) is 2. The van der Waals surface area contributed by atoms with Gasteiger partial charge in [-0.05, 0) is 93.7 Å². The van der Waals surface area contributed by atoms with Crippen LogP contribution in [0.5, 0.6) is 0 Å². The molecular weight excluding hydrogens is 416 g/mol. The van der Waals surface area contributed by atoms with E-state index in [0.29, 0.717) is 5.89 Å². The molecule has 3 nitrogen and oxygen atoms in total. The zero-order valence-electron chi connectivity index (χ0n) is 20.8. The summed E-state index contributed by atoms with van der Waals surface area (Å²) in [5.74, 6) is 0.664. The quantitative estimate of drug-likeness (QED) is 0.340. The van der Waals surface area contributed by atoms with E-state index >= 15 is 0 Å². The van der Waals surface area contributed by atoms with Crippen molar-refractivity contribution in [3.8, 4) is 11.5 Å². The Morgan fingerprint density at radius 3 is 2.65 bits per heavy atom. The van der Waals surface area contributed by atoms with Crippen molar-refractivity contribution in [1.82, 2.24) is 4.98 Å². The Hall–Kier alpha value is -3.72. The molecule has 0 saturated carbocycles. The van der Waals surface area contributed by atoms with Crippen LogP contribution in [0.3, 0.4) is 0 Å². The molecule has 1 aliphatic heterocycles. The van der Waals surface area contributed by atoms with Crippen LogP contribution in [0.4, 0.5) is 0 Å². The normalized spacial score (nSPS) is 15.0. The van der Waals surface area contributed by atoms with Crippen molar-refractivity contribution in [3.63, 3.8) is 0 Å². The largest absolute Gasteiger partial charge is 0.436 e. The molecule has 3 aromatic rings. The van der Waals surface area contributed by atoms with E-state index in [2.05, 4.69) is 75.7 Å². The Kier molecular flexibility index (Phi) is 6.93. The van der Waals surface area contributed by atoms with Gasteiger partial charge in [0.15, 0.2) is 5.58 Å². The first-order chi connectivity index (χ1) is 16.3. The maximum atomic E-state index is 6.01. The molecule has 2 heterocycles. The number of hydrogen-bond acceptors (Lipinski definition) is 3. The lowest BCUT2D eigenvalue weighted by Crippen LogP contribution is -1.99. The number of aryl methyl sites for hydroxylation is 1. The molecule has 0 amide bonds. The summed E-state index contributed by atoms with van der Waals surface area (Å²) >= 11 is 0. The minimum absolute atomic E-state index is 0.664. The Bertz CT molecular complexity index is 1370. The van der Waals surface area contributed by atoms with E-state index in [1.54, 1.807) is 0 Å². The van der Waals surface area contributed by atoms with E-state index in [4.69, 9.17) is 9.41 Å². The topological polar surface area (TPSA) is 38.4 Å². The first-order valence-electron chi connectivity index (χ1n) is 11.7. The molecule has 3 heteroatoms. The van der Waals surface area contributed by atoms with Gasteiger partial charge in [-0.2, -0.15) is 0 Å². The van der Waals surface area contributed by atoms with Crippen LogP contribution in [0.15, 0.2) is 111 Å². The van der Waals surface area contributed by atoms with Crippen LogP contribution >= 0.6 is 0 Å². The predicted octanol–water partition coefficient (Wildman–Crippen LogP) is 8.49. The van der Waals surface area contributed by atoms with E-state index in [0.717, 1.165) is 46.5 Å². The minimum atomic E-state index is 0.664. The van der Waals surface area contributed by atoms with E-state index in [1.807, 2.05) is 37.3 Å². The average molecular weight is 449 g/mol. The number of fused-ring (bicyclic) bond motifs is 1. The van der Waals surface area contributed by atoms with E-state index in [-0.39, 0.29) is 0 Å². The predicted molar refractivity (Wildman–Crippen MR) is 144 cm³/mol. The zero-order valence-corrected chi connectivity index (χ0v) is 20.8. The summed E-state index contributed by atoms with van der Waals surface area (Å²) in [7, 11) is 0. The molecule has 0 spiro atoms. The van der Waals surface area contributed by atoms with Crippen LogP contribution in [0.25, 0.3) is 22.6 Å². The number of allylic oxidation sites excluding steroid dienone is 8. The molecule has 0 unspecified atom stereocenters. The van der Waals surface area contributed by atoms with Crippen molar-refractivity contribution < 1.29 is 4.42 Å². The van der Waals surface area contributed by atoms with Gasteiger partial charge in [0.25, 0.3) is 0 Å². The number of aliphatic imine (C=N–C) groups is 1. The van der Waals surface area contributed by atoms with E-state index < -0.39 is 0 Å². The van der Waals surface area contributed by atoms with Crippen molar-refractivity contribution >= 4 is 16.8 Å². The van der Waals surface area contributed by atoms with Gasteiger partial charge < -0.3 is 4.42 Å². The number of oxazole rings is 1. The van der Waals surface area contributed by atoms with Gasteiger partial charge >= 0.3 is 0 Å². The van der Waals surface area contributed by atoms with E-state index in [9.17, 15) is 0 Å². The van der Waals surface area contributed by atoms with Gasteiger partial charge in [0.2, 0.25) is 5.89 Å². The van der Waals surface area contributed by atoms with Crippen LogP contribution in [0.2, 0.25) is 0 Å². The second-order valence-electron chi connectivity index (χ2n) is 9.14. The number of para-hydroxylation sites is 2. The Morgan fingerprint density at radius 1 is 1.12 bits per heavy atom. The molecule has 34 heavy (non-hydrogen) atoms. The second kappa shape index (κ2) is 10.0. The first kappa shape index (κ1) is 23.4. The molecule has 0 radical (unpaired) electrons. The van der Waals surface area contributed by atoms with Gasteiger partial charge in [0, 0.05) is 17.7 Å². The zero-order chi connectivity index (χ0) is 24.2. The Labute approximate surface area is 202 Å². The number of benzene rings is 2. The minimum Gasteiger partial charge on any atom is -0.436 e. The standard InChI is InChI=1S/C31H32N2O/c1-7-24(16-22(5)29-17-23(6)27(32-29)13-12-20(2)3)18-25-14-21(4)15-26(19-25)31-33-28-10-8-9-11-30(28)34-31/h7-16,19H,2,17-18H2,1,3-6H3/b13-12-,22-16+,24-7+. The SMILES string of the molecule is C=C(C)/C=C\C1=C(C)CC(/C(C)=C/C(=C\C)Cc2cc(C)cc(-c3nc4ccccc4o3)c2)=N1. The molecule has 0 saturated heterocycles. The Balaban J connectivity index is 1.55. The molecule has 4 rings (SSSR count). The van der Waals surface area contributed by atoms with Gasteiger partial charge in [0.05, 0.1) is 5.70 Å². The fourth-order valence-electron chi connectivity index (χ4n) is 4.17. The van der Waals surface area contributed by atoms with Crippen molar-refractivity contribution in [1.29, 1.82) is 0 Å². The third kappa shape index (κ3) is 5.43. The summed E-state index contributed by atoms with van der Waals surface area (Å²) in [4.78, 5) is 9.56. The maximum Gasteiger partial charge on any atom is 0.227 e. The van der Waals surface area contributed by atoms with Crippen LogP contribution in [-0.4, -0.2) is 10.7 Å². The van der Waals surface area contributed by atoms with Crippen LogP contribution in [-0.2, 0) is 6.42 Å². The summed E-state index contributed by atoms with van der Waals surface area (Å²) in [6.45, 7) is 14.5. The molecule has 1 aliphatic rings. The van der Waals surface area contributed by atoms with Crippen LogP contribution in [0.1, 0.15) is 45.2 Å². The third-order valence-electron chi connectivity index (χ3n) is 5.97. The molecule has 0 bridgehead atoms. The lowest BCUT2D eigenvalue weighted by atomic mass is 9.97. The summed E-state index contributed by atoms with van der Waals surface area (Å²) < 4.78 is 6.01. The van der Waals surface area contributed by atoms with Crippen LogP contribution < -0.4 is 0 Å². The van der Waals surface area contributed by atoms with Crippen LogP contribution in [0, 0.1) is 6.92 Å². The van der Waals surface area contributed by atoms with Crippen molar-refractivity contribution in [2.75, 3.05) is 0 Å². The maximum absolute atomic E-state index is 6.01. The van der Waals surface area contributed by atoms with Crippen molar-refractivity contribution in [2.45, 2.75) is 47.5 Å². The molecule has 0 aliphatic carbocycles. The molecule has 172 valence electrons. The lowest BCUT2D eigenvalue weighted by molar-refractivity contribution is 0.619. The van der Waals surface area contributed by atoms with Gasteiger partial charge in [0.1, 0.15) is 5.52 Å². The third-order valence-corrected chi connectivity index (χ3v) is 5.97. The summed E-state index contributed by atoms with van der Waals surface area (Å²) in [6.07, 6.45) is 10.3. The highest BCUT2D eigenvalue weighted by Crippen LogP contribution is 2.28. The monoisotopic (exact) mass is 448 g/mol. The Morgan fingerprint density at radius 2 is 1.91 bits per heavy atom. The number of hydrogen-bond donors (Lipinski definition) is 0. The van der Waals surface area contributed by atoms with Gasteiger partial charge in [-0.25, -0.2) is 4.98 Å².